The van der Waals surface area contributed by atoms with Crippen LogP contribution in [-0.4, -0.2) is 29.3 Å². The van der Waals surface area contributed by atoms with Crippen LogP contribution in [0.5, 0.6) is 0 Å². The van der Waals surface area contributed by atoms with E-state index in [1.165, 1.54) is 35.3 Å². The highest BCUT2D eigenvalue weighted by Crippen LogP contribution is 2.30. The zero-order chi connectivity index (χ0) is 22.0. The maximum absolute atomic E-state index is 14.0. The van der Waals surface area contributed by atoms with Crippen LogP contribution in [0.4, 0.5) is 20.9 Å². The molecular weight excluding hydrogens is 419 g/mol. The van der Waals surface area contributed by atoms with Gasteiger partial charge in [0.25, 0.3) is 0 Å². The van der Waals surface area contributed by atoms with Crippen LogP contribution in [0.2, 0.25) is 0 Å². The summed E-state index contributed by atoms with van der Waals surface area (Å²) in [6.45, 7) is 1.56. The number of carbonyl (C=O) groups is 3. The maximum atomic E-state index is 14.0. The second-order valence-corrected chi connectivity index (χ2v) is 8.00. The average Bonchev–Trinajstić information content (AvgIpc) is 3.35. The molecule has 1 aliphatic heterocycles. The fourth-order valence-electron chi connectivity index (χ4n) is 3.39. The van der Waals surface area contributed by atoms with E-state index in [-0.39, 0.29) is 36.4 Å². The lowest BCUT2D eigenvalue weighted by atomic mass is 10.1. The third-order valence-electron chi connectivity index (χ3n) is 4.87. The van der Waals surface area contributed by atoms with Crippen LogP contribution in [0, 0.1) is 11.7 Å². The Kier molecular flexibility index (Phi) is 5.77. The topological polar surface area (TPSA) is 91.4 Å². The first-order valence-electron chi connectivity index (χ1n) is 9.60. The van der Waals surface area contributed by atoms with Gasteiger partial charge in [0.2, 0.25) is 17.7 Å². The van der Waals surface area contributed by atoms with Crippen LogP contribution in [0.15, 0.2) is 53.9 Å². The number of benzene rings is 2. The summed E-state index contributed by atoms with van der Waals surface area (Å²) in [5.41, 5.74) is 2.39. The van der Waals surface area contributed by atoms with E-state index in [0.29, 0.717) is 16.5 Å². The number of thiazole rings is 1. The minimum absolute atomic E-state index is 0.0169. The fraction of sp³-hybridized carbons (Fsp3) is 0.182. The van der Waals surface area contributed by atoms with Crippen LogP contribution in [-0.2, 0) is 14.4 Å². The van der Waals surface area contributed by atoms with Crippen molar-refractivity contribution in [2.24, 2.45) is 5.92 Å². The molecule has 0 spiro atoms. The summed E-state index contributed by atoms with van der Waals surface area (Å²) < 4.78 is 14.0. The van der Waals surface area contributed by atoms with Gasteiger partial charge < -0.3 is 15.5 Å². The quantitative estimate of drug-likeness (QED) is 0.632. The molecule has 3 aromatic rings. The number of anilines is 3. The first-order chi connectivity index (χ1) is 14.9. The predicted octanol–water partition coefficient (Wildman–Crippen LogP) is 3.90. The van der Waals surface area contributed by atoms with Crippen LogP contribution >= 0.6 is 11.3 Å². The molecule has 0 radical (unpaired) electrons. The van der Waals surface area contributed by atoms with Crippen molar-refractivity contribution in [1.29, 1.82) is 0 Å². The molecular formula is C22H19FN4O3S. The second kappa shape index (κ2) is 8.65. The Morgan fingerprint density at radius 2 is 1.87 bits per heavy atom. The van der Waals surface area contributed by atoms with E-state index in [0.717, 1.165) is 5.56 Å². The van der Waals surface area contributed by atoms with Gasteiger partial charge in [0, 0.05) is 36.5 Å². The summed E-state index contributed by atoms with van der Waals surface area (Å²) in [6.07, 6.45) is 0.0169. The van der Waals surface area contributed by atoms with Crippen molar-refractivity contribution in [1.82, 2.24) is 4.98 Å². The van der Waals surface area contributed by atoms with E-state index in [4.69, 9.17) is 0 Å². The summed E-state index contributed by atoms with van der Waals surface area (Å²) in [4.78, 5) is 41.8. The smallest absolute Gasteiger partial charge is 0.231 e. The minimum atomic E-state index is -0.587. The summed E-state index contributed by atoms with van der Waals surface area (Å²) >= 11 is 1.28. The molecule has 0 bridgehead atoms. The molecule has 4 rings (SSSR count). The van der Waals surface area contributed by atoms with E-state index in [9.17, 15) is 18.8 Å². The second-order valence-electron chi connectivity index (χ2n) is 7.14. The van der Waals surface area contributed by atoms with Gasteiger partial charge in [0.1, 0.15) is 5.82 Å². The zero-order valence-electron chi connectivity index (χ0n) is 16.6. The Labute approximate surface area is 181 Å². The minimum Gasteiger partial charge on any atom is -0.326 e. The summed E-state index contributed by atoms with van der Waals surface area (Å²) in [6, 6.07) is 13.2. The van der Waals surface area contributed by atoms with Crippen molar-refractivity contribution >= 4 is 45.6 Å². The fourth-order valence-corrected chi connectivity index (χ4v) is 4.11. The number of carbonyl (C=O) groups excluding carboxylic acids is 3. The van der Waals surface area contributed by atoms with Gasteiger partial charge in [0.15, 0.2) is 5.13 Å². The van der Waals surface area contributed by atoms with E-state index < -0.39 is 11.7 Å². The third-order valence-corrected chi connectivity index (χ3v) is 5.63. The Hall–Kier alpha value is -3.59. The van der Waals surface area contributed by atoms with Gasteiger partial charge in [-0.2, -0.15) is 0 Å². The van der Waals surface area contributed by atoms with Crippen LogP contribution in [0.1, 0.15) is 13.3 Å². The molecule has 2 aromatic carbocycles. The van der Waals surface area contributed by atoms with E-state index >= 15 is 0 Å². The summed E-state index contributed by atoms with van der Waals surface area (Å²) in [5, 5.41) is 7.69. The number of amides is 3. The van der Waals surface area contributed by atoms with Crippen LogP contribution < -0.4 is 15.5 Å². The number of aromatic nitrogens is 1. The van der Waals surface area contributed by atoms with Crippen molar-refractivity contribution < 1.29 is 18.8 Å². The van der Waals surface area contributed by atoms with Gasteiger partial charge in [0.05, 0.1) is 17.3 Å². The first kappa shape index (κ1) is 20.7. The summed E-state index contributed by atoms with van der Waals surface area (Å²) in [7, 11) is 0. The van der Waals surface area contributed by atoms with Gasteiger partial charge in [-0.3, -0.25) is 14.4 Å². The number of hydrogen-bond donors (Lipinski definition) is 2. The lowest BCUT2D eigenvalue weighted by molar-refractivity contribution is -0.122. The summed E-state index contributed by atoms with van der Waals surface area (Å²) in [5.74, 6) is -1.84. The largest absolute Gasteiger partial charge is 0.326 e. The molecule has 158 valence electrons. The highest BCUT2D eigenvalue weighted by molar-refractivity contribution is 7.14. The van der Waals surface area contributed by atoms with E-state index in [1.807, 2.05) is 17.5 Å². The van der Waals surface area contributed by atoms with Gasteiger partial charge in [-0.25, -0.2) is 9.37 Å². The zero-order valence-corrected chi connectivity index (χ0v) is 17.4. The number of hydrogen-bond acceptors (Lipinski definition) is 5. The molecule has 1 fully saturated rings. The average molecular weight is 438 g/mol. The molecule has 31 heavy (non-hydrogen) atoms. The van der Waals surface area contributed by atoms with Gasteiger partial charge in [-0.1, -0.05) is 24.3 Å². The number of para-hydroxylation sites is 1. The number of nitrogens with one attached hydrogen (secondary N) is 2. The van der Waals surface area contributed by atoms with Crippen molar-refractivity contribution in [2.45, 2.75) is 13.3 Å². The predicted molar refractivity (Wildman–Crippen MR) is 117 cm³/mol. The van der Waals surface area contributed by atoms with E-state index in [1.54, 1.807) is 24.3 Å². The Bertz CT molecular complexity index is 1150. The lowest BCUT2D eigenvalue weighted by Crippen LogP contribution is -2.28. The van der Waals surface area contributed by atoms with Crippen molar-refractivity contribution in [2.75, 3.05) is 22.1 Å². The van der Waals surface area contributed by atoms with Crippen molar-refractivity contribution in [3.63, 3.8) is 0 Å². The molecule has 0 unspecified atom stereocenters. The molecule has 2 heterocycles. The Morgan fingerprint density at radius 1 is 1.13 bits per heavy atom. The number of halogens is 1. The molecule has 3 amide bonds. The van der Waals surface area contributed by atoms with Gasteiger partial charge in [-0.15, -0.1) is 11.3 Å². The maximum Gasteiger partial charge on any atom is 0.231 e. The molecule has 0 aliphatic carbocycles. The third kappa shape index (κ3) is 4.61. The molecule has 2 N–H and O–H groups in total. The molecule has 1 atom stereocenters. The Morgan fingerprint density at radius 3 is 2.58 bits per heavy atom. The lowest BCUT2D eigenvalue weighted by Gasteiger charge is -2.17. The monoisotopic (exact) mass is 438 g/mol. The SMILES string of the molecule is CC(=O)Nc1ccc(-c2csc(NC(=O)[C@@H]3CC(=O)N(c4ccccc4F)C3)n2)cc1. The molecule has 1 saturated heterocycles. The Balaban J connectivity index is 1.41. The van der Waals surface area contributed by atoms with Crippen LogP contribution in [0.25, 0.3) is 11.3 Å². The number of nitrogens with zero attached hydrogens (tertiary/aromatic N) is 2. The molecule has 1 aliphatic rings. The molecule has 1 aromatic heterocycles. The van der Waals surface area contributed by atoms with Crippen molar-refractivity contribution in [3.8, 4) is 11.3 Å². The first-order valence-corrected chi connectivity index (χ1v) is 10.5. The normalized spacial score (nSPS) is 15.7. The van der Waals surface area contributed by atoms with E-state index in [2.05, 4.69) is 15.6 Å². The molecule has 0 saturated carbocycles. The van der Waals surface area contributed by atoms with Gasteiger partial charge >= 0.3 is 0 Å². The van der Waals surface area contributed by atoms with Gasteiger partial charge in [-0.05, 0) is 24.3 Å². The molecule has 9 heteroatoms. The van der Waals surface area contributed by atoms with Crippen LogP contribution in [0.3, 0.4) is 0 Å². The highest BCUT2D eigenvalue weighted by atomic mass is 32.1. The molecule has 7 nitrogen and oxygen atoms in total. The number of rotatable bonds is 5. The highest BCUT2D eigenvalue weighted by Gasteiger charge is 2.36. The van der Waals surface area contributed by atoms with Crippen molar-refractivity contribution in [3.05, 3.63) is 59.7 Å². The standard InChI is InChI=1S/C22H19FN4O3S/c1-13(28)24-16-8-6-14(7-9-16)18-12-31-22(25-18)26-21(30)15-10-20(29)27(11-15)19-5-3-2-4-17(19)23/h2-9,12,15H,10-11H2,1H3,(H,24,28)(H,25,26,30)/t15-/m1/s1.